The smallest absolute Gasteiger partial charge is 0.282 e. The molecule has 7 heteroatoms. The average molecular weight is 336 g/mol. The van der Waals surface area contributed by atoms with Gasteiger partial charge in [-0.25, -0.2) is 0 Å². The molecule has 2 atom stereocenters. The average Bonchev–Trinajstić information content (AvgIpc) is 2.53. The lowest BCUT2D eigenvalue weighted by molar-refractivity contribution is 0.227. The van der Waals surface area contributed by atoms with E-state index in [9.17, 15) is 8.42 Å². The molecule has 124 valence electrons. The molecular weight excluding hydrogens is 306 g/mol. The molecule has 0 bridgehead atoms. The van der Waals surface area contributed by atoms with Crippen LogP contribution in [-0.2, 0) is 10.2 Å². The fourth-order valence-electron chi connectivity index (χ4n) is 3.09. The molecule has 2 unspecified atom stereocenters. The normalized spacial score (nSPS) is 29.6. The minimum Gasteiger partial charge on any atom is -0.315 e. The van der Waals surface area contributed by atoms with Gasteiger partial charge in [-0.05, 0) is 25.8 Å². The lowest BCUT2D eigenvalue weighted by Crippen LogP contribution is -2.55. The van der Waals surface area contributed by atoms with E-state index in [1.165, 1.54) is 0 Å². The lowest BCUT2D eigenvalue weighted by atomic mass is 10.1. The number of thioether (sulfide) groups is 1. The fraction of sp³-hybridized carbons (Fsp3) is 1.00. The molecule has 0 aromatic heterocycles. The van der Waals surface area contributed by atoms with Crippen LogP contribution in [0.4, 0.5) is 0 Å². The maximum atomic E-state index is 13.0. The summed E-state index contributed by atoms with van der Waals surface area (Å²) in [5.41, 5.74) is 0. The Kier molecular flexibility index (Phi) is 6.80. The highest BCUT2D eigenvalue weighted by molar-refractivity contribution is 8.00. The van der Waals surface area contributed by atoms with Gasteiger partial charge in [0, 0.05) is 43.2 Å². The topological polar surface area (TPSA) is 52.7 Å². The van der Waals surface area contributed by atoms with Gasteiger partial charge in [0.15, 0.2) is 0 Å². The lowest BCUT2D eigenvalue weighted by Gasteiger charge is -2.40. The molecule has 2 aliphatic heterocycles. The largest absolute Gasteiger partial charge is 0.315 e. The van der Waals surface area contributed by atoms with Crippen LogP contribution in [0.3, 0.4) is 0 Å². The van der Waals surface area contributed by atoms with E-state index in [0.29, 0.717) is 24.9 Å². The molecule has 2 rings (SSSR count). The van der Waals surface area contributed by atoms with Gasteiger partial charge in [0.2, 0.25) is 0 Å². The zero-order valence-electron chi connectivity index (χ0n) is 13.3. The van der Waals surface area contributed by atoms with Crippen LogP contribution in [0.5, 0.6) is 0 Å². The minimum absolute atomic E-state index is 0.123. The van der Waals surface area contributed by atoms with Crippen molar-refractivity contribution in [1.82, 2.24) is 13.9 Å². The highest BCUT2D eigenvalue weighted by Gasteiger charge is 2.38. The molecule has 0 aliphatic carbocycles. The third kappa shape index (κ3) is 4.34. The molecule has 0 aromatic rings. The Balaban J connectivity index is 2.08. The van der Waals surface area contributed by atoms with E-state index in [2.05, 4.69) is 19.2 Å². The Morgan fingerprint density at radius 2 is 2.05 bits per heavy atom. The summed E-state index contributed by atoms with van der Waals surface area (Å²) in [4.78, 5) is 0. The quantitative estimate of drug-likeness (QED) is 0.800. The Morgan fingerprint density at radius 1 is 1.24 bits per heavy atom. The van der Waals surface area contributed by atoms with E-state index < -0.39 is 10.2 Å². The minimum atomic E-state index is -3.29. The number of hydrogen-bond donors (Lipinski definition) is 1. The van der Waals surface area contributed by atoms with Gasteiger partial charge in [-0.1, -0.05) is 20.3 Å². The molecule has 5 nitrogen and oxygen atoms in total. The van der Waals surface area contributed by atoms with E-state index in [4.69, 9.17) is 0 Å². The van der Waals surface area contributed by atoms with Crippen LogP contribution < -0.4 is 5.32 Å². The molecule has 0 radical (unpaired) electrons. The van der Waals surface area contributed by atoms with Gasteiger partial charge in [0.05, 0.1) is 0 Å². The first-order chi connectivity index (χ1) is 10.1. The Labute approximate surface area is 134 Å². The van der Waals surface area contributed by atoms with Crippen molar-refractivity contribution in [2.75, 3.05) is 38.5 Å². The third-order valence-corrected chi connectivity index (χ3v) is 7.81. The summed E-state index contributed by atoms with van der Waals surface area (Å²) in [7, 11) is -3.29. The first kappa shape index (κ1) is 17.5. The van der Waals surface area contributed by atoms with Crippen LogP contribution in [0.25, 0.3) is 0 Å². The molecule has 0 saturated carbocycles. The number of likely N-dealkylation sites (N-methyl/N-ethyl adjacent to an activating group) is 1. The maximum Gasteiger partial charge on any atom is 0.282 e. The SMILES string of the molecule is CCNCC1CCCCN1S(=O)(=O)N1CCSC(CC)C1. The van der Waals surface area contributed by atoms with Crippen molar-refractivity contribution in [2.24, 2.45) is 0 Å². The van der Waals surface area contributed by atoms with Crippen LogP contribution in [-0.4, -0.2) is 66.8 Å². The van der Waals surface area contributed by atoms with Gasteiger partial charge in [-0.3, -0.25) is 0 Å². The predicted molar refractivity (Wildman–Crippen MR) is 89.9 cm³/mol. The molecule has 21 heavy (non-hydrogen) atoms. The molecule has 1 N–H and O–H groups in total. The van der Waals surface area contributed by atoms with Crippen LogP contribution in [0, 0.1) is 0 Å². The number of nitrogens with one attached hydrogen (secondary N) is 1. The van der Waals surface area contributed by atoms with Crippen molar-refractivity contribution in [3.63, 3.8) is 0 Å². The van der Waals surface area contributed by atoms with Crippen LogP contribution in [0.1, 0.15) is 39.5 Å². The third-order valence-electron chi connectivity index (χ3n) is 4.38. The van der Waals surface area contributed by atoms with Gasteiger partial charge in [0.25, 0.3) is 10.2 Å². The van der Waals surface area contributed by atoms with E-state index in [-0.39, 0.29) is 6.04 Å². The summed E-state index contributed by atoms with van der Waals surface area (Å²) >= 11 is 1.91. The second-order valence-electron chi connectivity index (χ2n) is 5.83. The highest BCUT2D eigenvalue weighted by Crippen LogP contribution is 2.27. The van der Waals surface area contributed by atoms with E-state index in [1.54, 1.807) is 8.61 Å². The summed E-state index contributed by atoms with van der Waals surface area (Å²) in [6.07, 6.45) is 4.14. The number of hydrogen-bond acceptors (Lipinski definition) is 4. The van der Waals surface area contributed by atoms with Crippen molar-refractivity contribution in [3.05, 3.63) is 0 Å². The molecular formula is C14H29N3O2S2. The van der Waals surface area contributed by atoms with Gasteiger partial charge in [-0.2, -0.15) is 28.8 Å². The Hall–Kier alpha value is 0.180. The standard InChI is InChI=1S/C14H29N3O2S2/c1-3-14-12-16(9-10-20-14)21(18,19)17-8-6-5-7-13(17)11-15-4-2/h13-15H,3-12H2,1-2H3. The second-order valence-corrected chi connectivity index (χ2v) is 9.12. The monoisotopic (exact) mass is 335 g/mol. The molecule has 0 amide bonds. The van der Waals surface area contributed by atoms with Crippen molar-refractivity contribution in [2.45, 2.75) is 50.8 Å². The summed E-state index contributed by atoms with van der Waals surface area (Å²) < 4.78 is 29.5. The van der Waals surface area contributed by atoms with Crippen molar-refractivity contribution >= 4 is 22.0 Å². The summed E-state index contributed by atoms with van der Waals surface area (Å²) in [6, 6.07) is 0.123. The highest BCUT2D eigenvalue weighted by atomic mass is 32.2. The molecule has 2 aliphatic rings. The van der Waals surface area contributed by atoms with Crippen molar-refractivity contribution in [3.8, 4) is 0 Å². The van der Waals surface area contributed by atoms with Gasteiger partial charge >= 0.3 is 0 Å². The maximum absolute atomic E-state index is 13.0. The Morgan fingerprint density at radius 3 is 2.76 bits per heavy atom. The van der Waals surface area contributed by atoms with Crippen molar-refractivity contribution in [1.29, 1.82) is 0 Å². The van der Waals surface area contributed by atoms with Crippen LogP contribution >= 0.6 is 11.8 Å². The molecule has 0 spiro atoms. The van der Waals surface area contributed by atoms with E-state index in [1.807, 2.05) is 11.8 Å². The number of rotatable bonds is 6. The van der Waals surface area contributed by atoms with Crippen LogP contribution in [0.15, 0.2) is 0 Å². The summed E-state index contributed by atoms with van der Waals surface area (Å²) in [6.45, 7) is 7.89. The van der Waals surface area contributed by atoms with Gasteiger partial charge in [0.1, 0.15) is 0 Å². The molecule has 2 saturated heterocycles. The van der Waals surface area contributed by atoms with E-state index >= 15 is 0 Å². The van der Waals surface area contributed by atoms with Gasteiger partial charge < -0.3 is 5.32 Å². The predicted octanol–water partition coefficient (Wildman–Crippen LogP) is 1.52. The molecule has 0 aromatic carbocycles. The number of piperidine rings is 1. The molecule has 2 heterocycles. The first-order valence-corrected chi connectivity index (χ1v) is 10.6. The number of nitrogens with zero attached hydrogens (tertiary/aromatic N) is 2. The molecule has 2 fully saturated rings. The zero-order chi connectivity index (χ0) is 15.3. The summed E-state index contributed by atoms with van der Waals surface area (Å²) in [5.74, 6) is 0.920. The van der Waals surface area contributed by atoms with Gasteiger partial charge in [-0.15, -0.1) is 0 Å². The fourth-order valence-corrected chi connectivity index (χ4v) is 6.38. The van der Waals surface area contributed by atoms with Crippen molar-refractivity contribution < 1.29 is 8.42 Å². The summed E-state index contributed by atoms with van der Waals surface area (Å²) in [5, 5.41) is 3.76. The zero-order valence-corrected chi connectivity index (χ0v) is 14.9. The second kappa shape index (κ2) is 8.15. The van der Waals surface area contributed by atoms with E-state index in [0.717, 1.165) is 44.5 Å². The Bertz CT molecular complexity index is 416. The van der Waals surface area contributed by atoms with Crippen LogP contribution in [0.2, 0.25) is 0 Å². The first-order valence-electron chi connectivity index (χ1n) is 8.18.